The maximum atomic E-state index is 14.3. The lowest BCUT2D eigenvalue weighted by Crippen LogP contribution is -2.37. The van der Waals surface area contributed by atoms with Crippen LogP contribution in [0.4, 0.5) is 17.6 Å². The summed E-state index contributed by atoms with van der Waals surface area (Å²) in [7, 11) is -4.09. The predicted molar refractivity (Wildman–Crippen MR) is 135 cm³/mol. The molecule has 1 atom stereocenters. The number of amides is 1. The summed E-state index contributed by atoms with van der Waals surface area (Å²) in [5.74, 6) is -1.76. The fraction of sp³-hybridized carbons (Fsp3) is 0.407. The van der Waals surface area contributed by atoms with E-state index in [2.05, 4.69) is 4.98 Å². The average molecular weight is 568 g/mol. The number of ether oxygens (including phenoxy) is 1. The van der Waals surface area contributed by atoms with E-state index in [1.165, 1.54) is 33.9 Å². The van der Waals surface area contributed by atoms with Crippen molar-refractivity contribution in [2.45, 2.75) is 69.0 Å². The summed E-state index contributed by atoms with van der Waals surface area (Å²) in [6.07, 6.45) is -1.91. The molecule has 3 aromatic rings. The number of sulfone groups is 1. The number of hydrogen-bond donors (Lipinski definition) is 0. The predicted octanol–water partition coefficient (Wildman–Crippen LogP) is 5.24. The summed E-state index contributed by atoms with van der Waals surface area (Å²) < 4.78 is 87.2. The SMILES string of the molecule is CC(C)N(Cc1cnc(S(=O)(=O)Cc2ccccc2F)n1CC1CCCO1)C(=O)c1ccc(C(F)(F)F)cc1. The van der Waals surface area contributed by atoms with Gasteiger partial charge in [0.2, 0.25) is 15.0 Å². The van der Waals surface area contributed by atoms with Crippen LogP contribution in [-0.4, -0.2) is 47.5 Å². The number of rotatable bonds is 9. The number of nitrogens with zero attached hydrogens (tertiary/aromatic N) is 3. The maximum Gasteiger partial charge on any atom is 0.416 e. The van der Waals surface area contributed by atoms with Crippen molar-refractivity contribution in [1.29, 1.82) is 0 Å². The van der Waals surface area contributed by atoms with Gasteiger partial charge in [0.05, 0.1) is 42.4 Å². The second kappa shape index (κ2) is 11.5. The first-order valence-electron chi connectivity index (χ1n) is 12.5. The van der Waals surface area contributed by atoms with Crippen LogP contribution in [0.25, 0.3) is 0 Å². The Hall–Kier alpha value is -3.25. The Kier molecular flexibility index (Phi) is 8.45. The number of halogens is 4. The Morgan fingerprint density at radius 2 is 1.85 bits per heavy atom. The van der Waals surface area contributed by atoms with E-state index < -0.39 is 39.1 Å². The third kappa shape index (κ3) is 6.67. The lowest BCUT2D eigenvalue weighted by molar-refractivity contribution is -0.137. The first-order valence-corrected chi connectivity index (χ1v) is 14.1. The molecule has 1 fully saturated rings. The first-order chi connectivity index (χ1) is 18.4. The van der Waals surface area contributed by atoms with Gasteiger partial charge in [-0.1, -0.05) is 18.2 Å². The number of imidazole rings is 1. The van der Waals surface area contributed by atoms with Gasteiger partial charge in [0.1, 0.15) is 5.82 Å². The molecule has 1 saturated heterocycles. The fourth-order valence-corrected chi connectivity index (χ4v) is 5.98. The van der Waals surface area contributed by atoms with Crippen LogP contribution in [0.15, 0.2) is 59.9 Å². The van der Waals surface area contributed by atoms with Crippen molar-refractivity contribution < 1.29 is 35.5 Å². The van der Waals surface area contributed by atoms with E-state index in [0.717, 1.165) is 30.7 Å². The minimum absolute atomic E-state index is 0.00649. The molecule has 1 aromatic heterocycles. The van der Waals surface area contributed by atoms with E-state index in [1.807, 2.05) is 0 Å². The van der Waals surface area contributed by atoms with Crippen LogP contribution in [0.3, 0.4) is 0 Å². The monoisotopic (exact) mass is 567 g/mol. The van der Waals surface area contributed by atoms with E-state index in [4.69, 9.17) is 4.74 Å². The van der Waals surface area contributed by atoms with Gasteiger partial charge < -0.3 is 14.2 Å². The highest BCUT2D eigenvalue weighted by molar-refractivity contribution is 7.90. The van der Waals surface area contributed by atoms with Gasteiger partial charge in [0.15, 0.2) is 0 Å². The van der Waals surface area contributed by atoms with Gasteiger partial charge in [0, 0.05) is 23.8 Å². The highest BCUT2D eigenvalue weighted by Crippen LogP contribution is 2.30. The number of hydrogen-bond acceptors (Lipinski definition) is 5. The molecule has 4 rings (SSSR count). The third-order valence-corrected chi connectivity index (χ3v) is 8.14. The maximum absolute atomic E-state index is 14.3. The number of benzene rings is 2. The van der Waals surface area contributed by atoms with Crippen molar-refractivity contribution in [2.75, 3.05) is 6.61 Å². The van der Waals surface area contributed by atoms with Crippen LogP contribution in [0.1, 0.15) is 53.9 Å². The second-order valence-corrected chi connectivity index (χ2v) is 11.6. The molecule has 210 valence electrons. The third-order valence-electron chi connectivity index (χ3n) is 6.57. The molecule has 0 saturated carbocycles. The van der Waals surface area contributed by atoms with Gasteiger partial charge in [0.25, 0.3) is 5.91 Å². The Labute approximate surface area is 224 Å². The highest BCUT2D eigenvalue weighted by atomic mass is 32.2. The Balaban J connectivity index is 1.66. The zero-order valence-corrected chi connectivity index (χ0v) is 22.3. The fourth-order valence-electron chi connectivity index (χ4n) is 4.47. The summed E-state index contributed by atoms with van der Waals surface area (Å²) in [5.41, 5.74) is -0.387. The molecule has 1 aliphatic rings. The molecule has 0 bridgehead atoms. The van der Waals surface area contributed by atoms with Crippen LogP contribution in [-0.2, 0) is 39.6 Å². The van der Waals surface area contributed by atoms with Gasteiger partial charge >= 0.3 is 6.18 Å². The van der Waals surface area contributed by atoms with E-state index in [9.17, 15) is 30.8 Å². The van der Waals surface area contributed by atoms with Crippen molar-refractivity contribution in [1.82, 2.24) is 14.5 Å². The zero-order chi connectivity index (χ0) is 28.4. The smallest absolute Gasteiger partial charge is 0.376 e. The average Bonchev–Trinajstić information content (AvgIpc) is 3.53. The van der Waals surface area contributed by atoms with Crippen molar-refractivity contribution in [2.24, 2.45) is 0 Å². The van der Waals surface area contributed by atoms with Gasteiger partial charge in [-0.3, -0.25) is 4.79 Å². The molecule has 12 heteroatoms. The molecular formula is C27H29F4N3O4S. The van der Waals surface area contributed by atoms with Crippen LogP contribution in [0, 0.1) is 5.82 Å². The number of carbonyl (C=O) groups excluding carboxylic acids is 1. The minimum Gasteiger partial charge on any atom is -0.376 e. The largest absolute Gasteiger partial charge is 0.416 e. The van der Waals surface area contributed by atoms with Gasteiger partial charge in [-0.25, -0.2) is 17.8 Å². The summed E-state index contributed by atoms with van der Waals surface area (Å²) in [4.78, 5) is 18.9. The van der Waals surface area contributed by atoms with E-state index in [0.29, 0.717) is 18.7 Å². The Morgan fingerprint density at radius 1 is 1.15 bits per heavy atom. The molecule has 0 aliphatic carbocycles. The molecule has 0 radical (unpaired) electrons. The molecule has 0 spiro atoms. The summed E-state index contributed by atoms with van der Waals surface area (Å²) in [5, 5.41) is -0.262. The molecule has 2 heterocycles. The zero-order valence-electron chi connectivity index (χ0n) is 21.5. The van der Waals surface area contributed by atoms with Crippen molar-refractivity contribution in [3.8, 4) is 0 Å². The molecule has 2 aromatic carbocycles. The van der Waals surface area contributed by atoms with Crippen LogP contribution in [0.2, 0.25) is 0 Å². The highest BCUT2D eigenvalue weighted by Gasteiger charge is 2.32. The van der Waals surface area contributed by atoms with E-state index in [-0.39, 0.29) is 41.5 Å². The topological polar surface area (TPSA) is 81.5 Å². The van der Waals surface area contributed by atoms with Crippen molar-refractivity contribution in [3.05, 3.63) is 82.9 Å². The van der Waals surface area contributed by atoms with Crippen molar-refractivity contribution >= 4 is 15.7 Å². The normalized spacial score (nSPS) is 16.1. The van der Waals surface area contributed by atoms with E-state index in [1.54, 1.807) is 19.9 Å². The molecule has 0 N–H and O–H groups in total. The Bertz CT molecular complexity index is 1410. The standard InChI is InChI=1S/C27H29F4N3O4S/c1-18(2)33(25(35)19-9-11-21(12-10-19)27(29,30)31)15-22-14-32-26(34(22)16-23-7-5-13-38-23)39(36,37)17-20-6-3-4-8-24(20)28/h3-4,6,8-12,14,18,23H,5,7,13,15-17H2,1-2H3. The van der Waals surface area contributed by atoms with Crippen LogP contribution >= 0.6 is 0 Å². The van der Waals surface area contributed by atoms with Crippen molar-refractivity contribution in [3.63, 3.8) is 0 Å². The first kappa shape index (κ1) is 28.8. The number of alkyl halides is 3. The molecule has 1 amide bonds. The van der Waals surface area contributed by atoms with Gasteiger partial charge in [-0.05, 0) is 57.0 Å². The molecule has 1 aliphatic heterocycles. The van der Waals surface area contributed by atoms with Gasteiger partial charge in [-0.15, -0.1) is 0 Å². The summed E-state index contributed by atoms with van der Waals surface area (Å²) >= 11 is 0. The van der Waals surface area contributed by atoms with E-state index >= 15 is 0 Å². The lowest BCUT2D eigenvalue weighted by Gasteiger charge is -2.28. The molecular weight excluding hydrogens is 538 g/mol. The Morgan fingerprint density at radius 3 is 2.44 bits per heavy atom. The number of aromatic nitrogens is 2. The second-order valence-electron chi connectivity index (χ2n) is 9.73. The van der Waals surface area contributed by atoms with Gasteiger partial charge in [-0.2, -0.15) is 13.2 Å². The quantitative estimate of drug-likeness (QED) is 0.330. The number of carbonyl (C=O) groups is 1. The summed E-state index contributed by atoms with van der Waals surface area (Å²) in [6, 6.07) is 9.16. The molecule has 1 unspecified atom stereocenters. The molecule has 7 nitrogen and oxygen atoms in total. The van der Waals surface area contributed by atoms with Crippen LogP contribution < -0.4 is 0 Å². The molecule has 39 heavy (non-hydrogen) atoms. The summed E-state index contributed by atoms with van der Waals surface area (Å²) in [6.45, 7) is 4.15. The van der Waals surface area contributed by atoms with Crippen LogP contribution in [0.5, 0.6) is 0 Å². The minimum atomic E-state index is -4.53. The lowest BCUT2D eigenvalue weighted by atomic mass is 10.1.